The van der Waals surface area contributed by atoms with Gasteiger partial charge in [0.05, 0.1) is 11.7 Å². The highest BCUT2D eigenvalue weighted by molar-refractivity contribution is 5.89. The molecule has 0 aliphatic carbocycles. The molecule has 82 valence electrons. The summed E-state index contributed by atoms with van der Waals surface area (Å²) in [6, 6.07) is 5.55. The standard InChI is InChI=1S/C12H16O3/c1-8(2)14-15-12(13)11-6-9(3)5-10(4)7-11/h5-8H,1-4H3. The maximum absolute atomic E-state index is 11.5. The van der Waals surface area contributed by atoms with Crippen LogP contribution < -0.4 is 0 Å². The molecule has 3 heteroatoms. The van der Waals surface area contributed by atoms with Crippen molar-refractivity contribution in [3.05, 3.63) is 34.9 Å². The minimum atomic E-state index is -0.449. The molecule has 15 heavy (non-hydrogen) atoms. The first-order chi connectivity index (χ1) is 6.99. The third kappa shape index (κ3) is 3.72. The summed E-state index contributed by atoms with van der Waals surface area (Å²) in [5.41, 5.74) is 2.59. The van der Waals surface area contributed by atoms with Crippen molar-refractivity contribution in [2.45, 2.75) is 33.8 Å². The highest BCUT2D eigenvalue weighted by Crippen LogP contribution is 2.10. The summed E-state index contributed by atoms with van der Waals surface area (Å²) in [4.78, 5) is 21.0. The predicted molar refractivity (Wildman–Crippen MR) is 57.6 cm³/mol. The van der Waals surface area contributed by atoms with Gasteiger partial charge in [0, 0.05) is 0 Å². The minimum absolute atomic E-state index is 0.125. The molecule has 0 heterocycles. The molecule has 0 amide bonds. The van der Waals surface area contributed by atoms with Gasteiger partial charge in [-0.3, -0.25) is 4.89 Å². The fourth-order valence-corrected chi connectivity index (χ4v) is 1.28. The first kappa shape index (κ1) is 11.7. The first-order valence-corrected chi connectivity index (χ1v) is 4.95. The summed E-state index contributed by atoms with van der Waals surface area (Å²) in [5.74, 6) is -0.449. The molecule has 1 rings (SSSR count). The fourth-order valence-electron chi connectivity index (χ4n) is 1.28. The maximum atomic E-state index is 11.5. The number of carbonyl (C=O) groups excluding carboxylic acids is 1. The Labute approximate surface area is 89.9 Å². The fraction of sp³-hybridized carbons (Fsp3) is 0.417. The van der Waals surface area contributed by atoms with Crippen molar-refractivity contribution in [3.63, 3.8) is 0 Å². The van der Waals surface area contributed by atoms with Crippen LogP contribution in [0.1, 0.15) is 35.3 Å². The summed E-state index contributed by atoms with van der Waals surface area (Å²) in [7, 11) is 0. The topological polar surface area (TPSA) is 35.5 Å². The van der Waals surface area contributed by atoms with Gasteiger partial charge >= 0.3 is 5.97 Å². The Morgan fingerprint density at radius 2 is 1.67 bits per heavy atom. The van der Waals surface area contributed by atoms with E-state index in [1.807, 2.05) is 19.9 Å². The Morgan fingerprint density at radius 1 is 1.13 bits per heavy atom. The van der Waals surface area contributed by atoms with Crippen LogP contribution in [0.25, 0.3) is 0 Å². The zero-order valence-corrected chi connectivity index (χ0v) is 9.53. The monoisotopic (exact) mass is 208 g/mol. The second-order valence-electron chi connectivity index (χ2n) is 3.89. The second kappa shape index (κ2) is 4.94. The molecule has 1 aromatic rings. The summed E-state index contributed by atoms with van der Waals surface area (Å²) >= 11 is 0. The van der Waals surface area contributed by atoms with Gasteiger partial charge in [0.2, 0.25) is 0 Å². The smallest absolute Gasteiger partial charge is 0.293 e. The third-order valence-electron chi connectivity index (χ3n) is 1.77. The van der Waals surface area contributed by atoms with Crippen molar-refractivity contribution in [2.75, 3.05) is 0 Å². The van der Waals surface area contributed by atoms with Crippen molar-refractivity contribution in [3.8, 4) is 0 Å². The molecule has 0 atom stereocenters. The number of rotatable bonds is 3. The second-order valence-corrected chi connectivity index (χ2v) is 3.89. The summed E-state index contributed by atoms with van der Waals surface area (Å²) in [6.07, 6.45) is -0.125. The number of aryl methyl sites for hydroxylation is 2. The Balaban J connectivity index is 2.73. The Morgan fingerprint density at radius 3 is 2.13 bits per heavy atom. The van der Waals surface area contributed by atoms with E-state index in [1.165, 1.54) is 0 Å². The van der Waals surface area contributed by atoms with E-state index >= 15 is 0 Å². The molecular weight excluding hydrogens is 192 g/mol. The molecule has 1 aromatic carbocycles. The van der Waals surface area contributed by atoms with Crippen molar-refractivity contribution >= 4 is 5.97 Å². The molecule has 0 radical (unpaired) electrons. The van der Waals surface area contributed by atoms with Crippen molar-refractivity contribution in [1.82, 2.24) is 0 Å². The van der Waals surface area contributed by atoms with E-state index in [9.17, 15) is 4.79 Å². The van der Waals surface area contributed by atoms with Crippen LogP contribution in [-0.2, 0) is 9.78 Å². The first-order valence-electron chi connectivity index (χ1n) is 4.95. The number of hydrogen-bond acceptors (Lipinski definition) is 3. The molecule has 0 saturated heterocycles. The van der Waals surface area contributed by atoms with Crippen LogP contribution in [0.4, 0.5) is 0 Å². The number of carbonyl (C=O) groups is 1. The zero-order valence-electron chi connectivity index (χ0n) is 9.53. The van der Waals surface area contributed by atoms with E-state index < -0.39 is 5.97 Å². The number of benzene rings is 1. The van der Waals surface area contributed by atoms with Crippen molar-refractivity contribution in [2.24, 2.45) is 0 Å². The quantitative estimate of drug-likeness (QED) is 0.566. The van der Waals surface area contributed by atoms with E-state index in [4.69, 9.17) is 4.89 Å². The number of hydrogen-bond donors (Lipinski definition) is 0. The van der Waals surface area contributed by atoms with Crippen LogP contribution in [0, 0.1) is 13.8 Å². The molecule has 0 aromatic heterocycles. The Hall–Kier alpha value is -1.35. The van der Waals surface area contributed by atoms with Gasteiger partial charge in [0.25, 0.3) is 0 Å². The van der Waals surface area contributed by atoms with Crippen LogP contribution in [0.3, 0.4) is 0 Å². The highest BCUT2D eigenvalue weighted by Gasteiger charge is 2.10. The van der Waals surface area contributed by atoms with Gasteiger partial charge < -0.3 is 0 Å². The Kier molecular flexibility index (Phi) is 3.86. The summed E-state index contributed by atoms with van der Waals surface area (Å²) in [6.45, 7) is 7.48. The highest BCUT2D eigenvalue weighted by atomic mass is 17.2. The third-order valence-corrected chi connectivity index (χ3v) is 1.77. The lowest BCUT2D eigenvalue weighted by Crippen LogP contribution is -2.11. The molecule has 0 N–H and O–H groups in total. The maximum Gasteiger partial charge on any atom is 0.373 e. The molecular formula is C12H16O3. The predicted octanol–water partition coefficient (Wildman–Crippen LogP) is 2.80. The lowest BCUT2D eigenvalue weighted by molar-refractivity contribution is -0.265. The van der Waals surface area contributed by atoms with Gasteiger partial charge in [-0.15, -0.1) is 0 Å². The molecule has 0 aliphatic rings. The molecule has 0 saturated carbocycles. The summed E-state index contributed by atoms with van der Waals surface area (Å²) in [5, 5.41) is 0. The van der Waals surface area contributed by atoms with Crippen LogP contribution >= 0.6 is 0 Å². The lowest BCUT2D eigenvalue weighted by Gasteiger charge is -2.07. The van der Waals surface area contributed by atoms with Crippen LogP contribution in [-0.4, -0.2) is 12.1 Å². The van der Waals surface area contributed by atoms with Gasteiger partial charge in [0.15, 0.2) is 0 Å². The van der Waals surface area contributed by atoms with Gasteiger partial charge in [-0.25, -0.2) is 4.79 Å². The molecule has 3 nitrogen and oxygen atoms in total. The van der Waals surface area contributed by atoms with E-state index in [0.29, 0.717) is 5.56 Å². The molecule has 0 unspecified atom stereocenters. The van der Waals surface area contributed by atoms with E-state index in [-0.39, 0.29) is 6.10 Å². The zero-order chi connectivity index (χ0) is 11.4. The largest absolute Gasteiger partial charge is 0.373 e. The van der Waals surface area contributed by atoms with Crippen LogP contribution in [0.15, 0.2) is 18.2 Å². The van der Waals surface area contributed by atoms with Gasteiger partial charge in [0.1, 0.15) is 0 Å². The van der Waals surface area contributed by atoms with Crippen LogP contribution in [0.5, 0.6) is 0 Å². The molecule has 0 spiro atoms. The van der Waals surface area contributed by atoms with Gasteiger partial charge in [-0.05, 0) is 39.8 Å². The van der Waals surface area contributed by atoms with E-state index in [2.05, 4.69) is 4.89 Å². The van der Waals surface area contributed by atoms with Crippen molar-refractivity contribution < 1.29 is 14.6 Å². The summed E-state index contributed by atoms with van der Waals surface area (Å²) < 4.78 is 0. The van der Waals surface area contributed by atoms with Gasteiger partial charge in [-0.2, -0.15) is 4.89 Å². The van der Waals surface area contributed by atoms with Crippen molar-refractivity contribution in [1.29, 1.82) is 0 Å². The van der Waals surface area contributed by atoms with Gasteiger partial charge in [-0.1, -0.05) is 17.2 Å². The molecule has 0 fully saturated rings. The average molecular weight is 208 g/mol. The van der Waals surface area contributed by atoms with E-state index in [1.54, 1.807) is 26.0 Å². The minimum Gasteiger partial charge on any atom is -0.293 e. The average Bonchev–Trinajstić information content (AvgIpc) is 2.12. The van der Waals surface area contributed by atoms with Crippen LogP contribution in [0.2, 0.25) is 0 Å². The SMILES string of the molecule is Cc1cc(C)cc(C(=O)OOC(C)C)c1. The Bertz CT molecular complexity index is 336. The molecule has 0 bridgehead atoms. The van der Waals surface area contributed by atoms with E-state index in [0.717, 1.165) is 11.1 Å². The lowest BCUT2D eigenvalue weighted by atomic mass is 10.1. The molecule has 0 aliphatic heterocycles. The normalized spacial score (nSPS) is 10.5.